The number of hydrogen-bond donors (Lipinski definition) is 0. The van der Waals surface area contributed by atoms with Gasteiger partial charge in [-0.15, -0.1) is 0 Å². The highest BCUT2D eigenvalue weighted by molar-refractivity contribution is 5.86. The summed E-state index contributed by atoms with van der Waals surface area (Å²) in [7, 11) is 0. The molecule has 1 aliphatic rings. The smallest absolute Gasteiger partial charge is 0.416 e. The van der Waals surface area contributed by atoms with Crippen molar-refractivity contribution >= 4 is 18.0 Å². The zero-order chi connectivity index (χ0) is 23.8. The molecular weight excluding hydrogens is 418 g/mol. The van der Waals surface area contributed by atoms with Crippen LogP contribution < -0.4 is 4.90 Å². The summed E-state index contributed by atoms with van der Waals surface area (Å²) < 4.78 is 11.1. The number of rotatable bonds is 6. The number of benzene rings is 1. The summed E-state index contributed by atoms with van der Waals surface area (Å²) >= 11 is 0. The number of amides is 2. The number of pyridine rings is 1. The zero-order valence-electron chi connectivity index (χ0n) is 20.1. The minimum absolute atomic E-state index is 0.0928. The van der Waals surface area contributed by atoms with E-state index >= 15 is 0 Å². The molecule has 1 aliphatic heterocycles. The molecule has 0 spiro atoms. The molecule has 1 aromatic heterocycles. The molecule has 1 fully saturated rings. The Morgan fingerprint density at radius 3 is 2.52 bits per heavy atom. The van der Waals surface area contributed by atoms with Gasteiger partial charge in [-0.1, -0.05) is 43.3 Å². The van der Waals surface area contributed by atoms with Gasteiger partial charge in [0.1, 0.15) is 18.0 Å². The maximum Gasteiger partial charge on any atom is 0.416 e. The van der Waals surface area contributed by atoms with Gasteiger partial charge in [0, 0.05) is 19.3 Å². The second kappa shape index (κ2) is 11.2. The molecule has 1 atom stereocenters. The number of hydrogen-bond acceptors (Lipinski definition) is 5. The molecule has 0 N–H and O–H groups in total. The average Bonchev–Trinajstić information content (AvgIpc) is 2.80. The van der Waals surface area contributed by atoms with Crippen molar-refractivity contribution < 1.29 is 19.1 Å². The van der Waals surface area contributed by atoms with Crippen molar-refractivity contribution in [2.24, 2.45) is 0 Å². The standard InChI is InChI=1S/C26H35N3O4/c1-5-16-29(25(31)33-26(2,3)4)23-15-14-21(18-27-23)22-13-9-10-17-28(22)24(30)32-19-20-11-7-6-8-12-20/h6-8,11-12,14-15,18,22H,5,9-10,13,16-17,19H2,1-4H3/t22-/m0/s1. The molecule has 1 saturated heterocycles. The third-order valence-corrected chi connectivity index (χ3v) is 5.44. The van der Waals surface area contributed by atoms with Crippen molar-refractivity contribution in [3.8, 4) is 0 Å². The first kappa shape index (κ1) is 24.6. The minimum atomic E-state index is -0.578. The molecule has 7 heteroatoms. The first-order valence-electron chi connectivity index (χ1n) is 11.7. The van der Waals surface area contributed by atoms with Crippen LogP contribution in [0.3, 0.4) is 0 Å². The van der Waals surface area contributed by atoms with Gasteiger partial charge in [-0.05, 0) is 63.6 Å². The summed E-state index contributed by atoms with van der Waals surface area (Å²) in [5, 5.41) is 0. The van der Waals surface area contributed by atoms with Gasteiger partial charge in [0.25, 0.3) is 0 Å². The van der Waals surface area contributed by atoms with E-state index < -0.39 is 11.7 Å². The number of nitrogens with zero attached hydrogens (tertiary/aromatic N) is 3. The van der Waals surface area contributed by atoms with Gasteiger partial charge in [-0.25, -0.2) is 14.6 Å². The molecule has 7 nitrogen and oxygen atoms in total. The highest BCUT2D eigenvalue weighted by Crippen LogP contribution is 2.32. The summed E-state index contributed by atoms with van der Waals surface area (Å²) in [5.74, 6) is 0.545. The van der Waals surface area contributed by atoms with Crippen LogP contribution in [0.2, 0.25) is 0 Å². The summed E-state index contributed by atoms with van der Waals surface area (Å²) in [4.78, 5) is 33.4. The second-order valence-electron chi connectivity index (χ2n) is 9.33. The molecule has 3 rings (SSSR count). The van der Waals surface area contributed by atoms with Crippen molar-refractivity contribution in [2.45, 2.75) is 71.6 Å². The molecule has 1 aromatic carbocycles. The van der Waals surface area contributed by atoms with Gasteiger partial charge in [-0.2, -0.15) is 0 Å². The molecular formula is C26H35N3O4. The molecule has 0 aliphatic carbocycles. The lowest BCUT2D eigenvalue weighted by Gasteiger charge is -2.35. The number of likely N-dealkylation sites (tertiary alicyclic amines) is 1. The molecule has 2 amide bonds. The van der Waals surface area contributed by atoms with E-state index in [2.05, 4.69) is 4.98 Å². The predicted molar refractivity (Wildman–Crippen MR) is 128 cm³/mol. The van der Waals surface area contributed by atoms with Gasteiger partial charge < -0.3 is 14.4 Å². The van der Waals surface area contributed by atoms with E-state index in [4.69, 9.17) is 9.47 Å². The largest absolute Gasteiger partial charge is 0.445 e. The van der Waals surface area contributed by atoms with E-state index in [1.54, 1.807) is 16.0 Å². The lowest BCUT2D eigenvalue weighted by Crippen LogP contribution is -2.39. The topological polar surface area (TPSA) is 72.0 Å². The van der Waals surface area contributed by atoms with Gasteiger partial charge >= 0.3 is 12.2 Å². The Bertz CT molecular complexity index is 909. The number of carbonyl (C=O) groups is 2. The molecule has 33 heavy (non-hydrogen) atoms. The number of ether oxygens (including phenoxy) is 2. The van der Waals surface area contributed by atoms with Crippen LogP contribution in [0.25, 0.3) is 0 Å². The minimum Gasteiger partial charge on any atom is -0.445 e. The highest BCUT2D eigenvalue weighted by Gasteiger charge is 2.30. The Morgan fingerprint density at radius 1 is 1.12 bits per heavy atom. The lowest BCUT2D eigenvalue weighted by molar-refractivity contribution is 0.0579. The summed E-state index contributed by atoms with van der Waals surface area (Å²) in [6.45, 7) is 8.97. The van der Waals surface area contributed by atoms with Crippen molar-refractivity contribution in [2.75, 3.05) is 18.0 Å². The molecule has 178 valence electrons. The summed E-state index contributed by atoms with van der Waals surface area (Å²) in [5.41, 5.74) is 1.32. The average molecular weight is 454 g/mol. The van der Waals surface area contributed by atoms with Crippen LogP contribution in [0.1, 0.15) is 70.5 Å². The molecule has 2 heterocycles. The van der Waals surface area contributed by atoms with Crippen LogP contribution in [0, 0.1) is 0 Å². The number of anilines is 1. The Balaban J connectivity index is 1.71. The third-order valence-electron chi connectivity index (χ3n) is 5.44. The monoisotopic (exact) mass is 453 g/mol. The third kappa shape index (κ3) is 6.94. The molecule has 0 unspecified atom stereocenters. The van der Waals surface area contributed by atoms with E-state index in [0.29, 0.717) is 18.9 Å². The predicted octanol–water partition coefficient (Wildman–Crippen LogP) is 6.10. The van der Waals surface area contributed by atoms with E-state index in [1.807, 2.05) is 70.2 Å². The fourth-order valence-electron chi connectivity index (χ4n) is 3.89. The van der Waals surface area contributed by atoms with Gasteiger partial charge in [0.2, 0.25) is 0 Å². The Labute approximate surface area is 196 Å². The van der Waals surface area contributed by atoms with Crippen molar-refractivity contribution in [3.63, 3.8) is 0 Å². The number of aromatic nitrogens is 1. The van der Waals surface area contributed by atoms with E-state index in [-0.39, 0.29) is 18.7 Å². The first-order chi connectivity index (χ1) is 15.8. The molecule has 0 bridgehead atoms. The second-order valence-corrected chi connectivity index (χ2v) is 9.33. The fourth-order valence-corrected chi connectivity index (χ4v) is 3.89. The summed E-state index contributed by atoms with van der Waals surface area (Å²) in [6.07, 6.45) is 4.66. The van der Waals surface area contributed by atoms with Crippen LogP contribution in [0.5, 0.6) is 0 Å². The normalized spacial score (nSPS) is 16.2. The Morgan fingerprint density at radius 2 is 1.88 bits per heavy atom. The zero-order valence-corrected chi connectivity index (χ0v) is 20.1. The molecule has 0 saturated carbocycles. The number of carbonyl (C=O) groups excluding carboxylic acids is 2. The van der Waals surface area contributed by atoms with Gasteiger partial charge in [0.05, 0.1) is 6.04 Å². The van der Waals surface area contributed by atoms with Crippen LogP contribution in [-0.2, 0) is 16.1 Å². The lowest BCUT2D eigenvalue weighted by atomic mass is 9.97. The van der Waals surface area contributed by atoms with E-state index in [0.717, 1.165) is 36.8 Å². The first-order valence-corrected chi connectivity index (χ1v) is 11.7. The maximum atomic E-state index is 12.9. The van der Waals surface area contributed by atoms with Crippen LogP contribution in [-0.4, -0.2) is 40.8 Å². The van der Waals surface area contributed by atoms with Crippen LogP contribution in [0.15, 0.2) is 48.7 Å². The summed E-state index contributed by atoms with van der Waals surface area (Å²) in [6, 6.07) is 13.4. The molecule has 0 radical (unpaired) electrons. The van der Waals surface area contributed by atoms with E-state index in [9.17, 15) is 9.59 Å². The Hall–Kier alpha value is -3.09. The van der Waals surface area contributed by atoms with E-state index in [1.165, 1.54) is 0 Å². The highest BCUT2D eigenvalue weighted by atomic mass is 16.6. The van der Waals surface area contributed by atoms with Crippen molar-refractivity contribution in [1.82, 2.24) is 9.88 Å². The van der Waals surface area contributed by atoms with Crippen molar-refractivity contribution in [3.05, 3.63) is 59.8 Å². The van der Waals surface area contributed by atoms with Crippen molar-refractivity contribution in [1.29, 1.82) is 0 Å². The van der Waals surface area contributed by atoms with Crippen LogP contribution >= 0.6 is 0 Å². The fraction of sp³-hybridized carbons (Fsp3) is 0.500. The SMILES string of the molecule is CCCN(C(=O)OC(C)(C)C)c1ccc([C@@H]2CCCCN2C(=O)OCc2ccccc2)cn1. The van der Waals surface area contributed by atoms with Crippen LogP contribution in [0.4, 0.5) is 15.4 Å². The van der Waals surface area contributed by atoms with Gasteiger partial charge in [0.15, 0.2) is 0 Å². The number of piperidine rings is 1. The maximum absolute atomic E-state index is 12.9. The Kier molecular flexibility index (Phi) is 8.31. The van der Waals surface area contributed by atoms with Gasteiger partial charge in [-0.3, -0.25) is 4.90 Å². The quantitative estimate of drug-likeness (QED) is 0.529. The molecule has 2 aromatic rings.